The fourth-order valence-electron chi connectivity index (χ4n) is 2.32. The van der Waals surface area contributed by atoms with Crippen LogP contribution in [0.4, 0.5) is 4.79 Å². The van der Waals surface area contributed by atoms with Gasteiger partial charge in [0.15, 0.2) is 0 Å². The number of nitrogens with zero attached hydrogens (tertiary/aromatic N) is 1. The van der Waals surface area contributed by atoms with Gasteiger partial charge in [0.25, 0.3) is 0 Å². The van der Waals surface area contributed by atoms with Crippen LogP contribution in [-0.4, -0.2) is 12.2 Å². The monoisotopic (exact) mass is 389 g/mol. The van der Waals surface area contributed by atoms with Crippen molar-refractivity contribution >= 4 is 41.0 Å². The first-order chi connectivity index (χ1) is 12.2. The lowest BCUT2D eigenvalue weighted by atomic mass is 9.92. The number of carbonyl (C=O) groups excluding carboxylic acids is 1. The van der Waals surface area contributed by atoms with Gasteiger partial charge >= 0.3 is 6.03 Å². The second kappa shape index (κ2) is 8.39. The summed E-state index contributed by atoms with van der Waals surface area (Å²) < 4.78 is 0. The van der Waals surface area contributed by atoms with Gasteiger partial charge in [-0.25, -0.2) is 10.2 Å². The van der Waals surface area contributed by atoms with Crippen molar-refractivity contribution in [1.29, 1.82) is 0 Å². The fourth-order valence-corrected chi connectivity index (χ4v) is 2.78. The van der Waals surface area contributed by atoms with Gasteiger partial charge in [-0.2, -0.15) is 5.10 Å². The molecular weight excluding hydrogens is 369 g/mol. The number of carbonyl (C=O) groups is 1. The molecule has 0 unspecified atom stereocenters. The van der Waals surface area contributed by atoms with Gasteiger partial charge in [-0.05, 0) is 50.1 Å². The molecule has 0 radical (unpaired) electrons. The molecule has 2 aromatic carbocycles. The molecule has 0 aliphatic rings. The summed E-state index contributed by atoms with van der Waals surface area (Å²) >= 11 is 11.9. The number of allylic oxidation sites excluding steroid dienone is 1. The van der Waals surface area contributed by atoms with Crippen LogP contribution in [0.5, 0.6) is 0 Å². The van der Waals surface area contributed by atoms with Crippen molar-refractivity contribution in [2.75, 3.05) is 0 Å². The van der Waals surface area contributed by atoms with Crippen molar-refractivity contribution in [3.05, 3.63) is 75.8 Å². The van der Waals surface area contributed by atoms with Crippen molar-refractivity contribution in [3.63, 3.8) is 0 Å². The fraction of sp³-hybridized carbons (Fsp3) is 0.200. The Morgan fingerprint density at radius 1 is 1.19 bits per heavy atom. The van der Waals surface area contributed by atoms with E-state index in [0.29, 0.717) is 15.6 Å². The number of rotatable bonds is 5. The molecule has 2 aromatic rings. The minimum Gasteiger partial charge on any atom is -0.328 e. The predicted octanol–water partition coefficient (Wildman–Crippen LogP) is 5.59. The van der Waals surface area contributed by atoms with Gasteiger partial charge in [-0.15, -0.1) is 0 Å². The van der Waals surface area contributed by atoms with Crippen molar-refractivity contribution in [1.82, 2.24) is 10.7 Å². The standard InChI is InChI=1S/C20H21Cl2N3O/c1-13(2)14-6-5-7-16(10-14)20(3,4)24-19(26)25-23-12-15-8-9-17(21)11-18(15)22/h5-12H,1H2,2-4H3,(H2,24,25,26). The number of urea groups is 1. The van der Waals surface area contributed by atoms with Gasteiger partial charge in [0.1, 0.15) is 0 Å². The number of nitrogens with one attached hydrogen (secondary N) is 2. The van der Waals surface area contributed by atoms with E-state index in [0.717, 1.165) is 16.7 Å². The quantitative estimate of drug-likeness (QED) is 0.507. The van der Waals surface area contributed by atoms with E-state index in [-0.39, 0.29) is 0 Å². The average molecular weight is 390 g/mol. The molecule has 0 fully saturated rings. The number of halogens is 2. The Labute approximate surface area is 163 Å². The third-order valence-corrected chi connectivity index (χ3v) is 4.40. The summed E-state index contributed by atoms with van der Waals surface area (Å²) in [5.41, 5.74) is 5.50. The van der Waals surface area contributed by atoms with E-state index in [2.05, 4.69) is 22.4 Å². The van der Waals surface area contributed by atoms with E-state index in [4.69, 9.17) is 23.2 Å². The van der Waals surface area contributed by atoms with E-state index in [1.165, 1.54) is 6.21 Å². The Morgan fingerprint density at radius 2 is 1.92 bits per heavy atom. The molecule has 0 saturated heterocycles. The molecule has 2 rings (SSSR count). The molecule has 0 heterocycles. The highest BCUT2D eigenvalue weighted by atomic mass is 35.5. The number of hydrazone groups is 1. The highest BCUT2D eigenvalue weighted by molar-refractivity contribution is 6.36. The van der Waals surface area contributed by atoms with Crippen LogP contribution in [0.15, 0.2) is 54.1 Å². The minimum atomic E-state index is -0.580. The van der Waals surface area contributed by atoms with E-state index in [1.54, 1.807) is 18.2 Å². The Kier molecular flexibility index (Phi) is 6.46. The summed E-state index contributed by atoms with van der Waals surface area (Å²) in [4.78, 5) is 12.2. The maximum atomic E-state index is 12.2. The van der Waals surface area contributed by atoms with Crippen LogP contribution >= 0.6 is 23.2 Å². The lowest BCUT2D eigenvalue weighted by Gasteiger charge is -2.27. The van der Waals surface area contributed by atoms with Gasteiger partial charge < -0.3 is 5.32 Å². The van der Waals surface area contributed by atoms with Crippen molar-refractivity contribution in [2.45, 2.75) is 26.3 Å². The van der Waals surface area contributed by atoms with E-state index >= 15 is 0 Å². The van der Waals surface area contributed by atoms with Crippen LogP contribution in [0.25, 0.3) is 5.57 Å². The van der Waals surface area contributed by atoms with Gasteiger partial charge in [-0.1, -0.05) is 59.6 Å². The highest BCUT2D eigenvalue weighted by Gasteiger charge is 2.23. The third kappa shape index (κ3) is 5.35. The van der Waals surface area contributed by atoms with Crippen LogP contribution in [0, 0.1) is 0 Å². The van der Waals surface area contributed by atoms with Crippen molar-refractivity contribution < 1.29 is 4.79 Å². The van der Waals surface area contributed by atoms with E-state index in [1.807, 2.05) is 45.0 Å². The van der Waals surface area contributed by atoms with Crippen LogP contribution < -0.4 is 10.7 Å². The molecule has 0 saturated carbocycles. The molecule has 0 aliphatic heterocycles. The molecule has 0 aromatic heterocycles. The van der Waals surface area contributed by atoms with Crippen molar-refractivity contribution in [3.8, 4) is 0 Å². The molecule has 0 atom stereocenters. The predicted molar refractivity (Wildman–Crippen MR) is 110 cm³/mol. The lowest BCUT2D eigenvalue weighted by molar-refractivity contribution is 0.230. The van der Waals surface area contributed by atoms with Gasteiger partial charge in [-0.3, -0.25) is 0 Å². The summed E-state index contributed by atoms with van der Waals surface area (Å²) in [5, 5.41) is 7.83. The van der Waals surface area contributed by atoms with Crippen LogP contribution in [0.2, 0.25) is 10.0 Å². The Bertz CT molecular complexity index is 860. The highest BCUT2D eigenvalue weighted by Crippen LogP contribution is 2.23. The number of benzene rings is 2. The van der Waals surface area contributed by atoms with Crippen LogP contribution in [0.3, 0.4) is 0 Å². The largest absolute Gasteiger partial charge is 0.335 e. The normalized spacial score (nSPS) is 11.4. The summed E-state index contributed by atoms with van der Waals surface area (Å²) in [7, 11) is 0. The second-order valence-corrected chi connectivity index (χ2v) is 7.32. The van der Waals surface area contributed by atoms with Gasteiger partial charge in [0, 0.05) is 10.6 Å². The zero-order chi connectivity index (χ0) is 19.3. The average Bonchev–Trinajstić information content (AvgIpc) is 2.56. The first-order valence-corrected chi connectivity index (χ1v) is 8.77. The minimum absolute atomic E-state index is 0.419. The molecule has 0 spiro atoms. The second-order valence-electron chi connectivity index (χ2n) is 6.48. The number of amides is 2. The van der Waals surface area contributed by atoms with Gasteiger partial charge in [0.05, 0.1) is 16.8 Å². The third-order valence-electron chi connectivity index (χ3n) is 3.84. The molecule has 6 heteroatoms. The molecule has 2 amide bonds. The topological polar surface area (TPSA) is 53.5 Å². The van der Waals surface area contributed by atoms with Crippen LogP contribution in [0.1, 0.15) is 37.5 Å². The maximum Gasteiger partial charge on any atom is 0.335 e. The van der Waals surface area contributed by atoms with E-state index < -0.39 is 11.6 Å². The zero-order valence-electron chi connectivity index (χ0n) is 14.9. The van der Waals surface area contributed by atoms with Crippen molar-refractivity contribution in [2.24, 2.45) is 5.10 Å². The lowest BCUT2D eigenvalue weighted by Crippen LogP contribution is -2.45. The number of hydrogen-bond donors (Lipinski definition) is 2. The van der Waals surface area contributed by atoms with Crippen LogP contribution in [-0.2, 0) is 5.54 Å². The number of hydrogen-bond acceptors (Lipinski definition) is 2. The molecule has 4 nitrogen and oxygen atoms in total. The first kappa shape index (κ1) is 20.0. The summed E-state index contributed by atoms with van der Waals surface area (Å²) in [6, 6.07) is 12.5. The zero-order valence-corrected chi connectivity index (χ0v) is 16.4. The Balaban J connectivity index is 2.03. The van der Waals surface area contributed by atoms with E-state index in [9.17, 15) is 4.79 Å². The molecular formula is C20H21Cl2N3O. The summed E-state index contributed by atoms with van der Waals surface area (Å²) in [6.07, 6.45) is 1.47. The maximum absolute atomic E-state index is 12.2. The smallest absolute Gasteiger partial charge is 0.328 e. The molecule has 26 heavy (non-hydrogen) atoms. The Morgan fingerprint density at radius 3 is 2.58 bits per heavy atom. The SMILES string of the molecule is C=C(C)c1cccc(C(C)(C)NC(=O)NN=Cc2ccc(Cl)cc2Cl)c1. The molecule has 2 N–H and O–H groups in total. The summed E-state index contributed by atoms with van der Waals surface area (Å²) in [5.74, 6) is 0. The summed E-state index contributed by atoms with van der Waals surface area (Å²) in [6.45, 7) is 9.74. The van der Waals surface area contributed by atoms with Gasteiger partial charge in [0.2, 0.25) is 0 Å². The first-order valence-electron chi connectivity index (χ1n) is 8.02. The molecule has 136 valence electrons. The molecule has 0 aliphatic carbocycles. The molecule has 0 bridgehead atoms. The Hall–Kier alpha value is -2.30.